The van der Waals surface area contributed by atoms with Gasteiger partial charge in [0.2, 0.25) is 0 Å². The van der Waals surface area contributed by atoms with E-state index in [2.05, 4.69) is 4.90 Å². The first-order valence-corrected chi connectivity index (χ1v) is 6.49. The van der Waals surface area contributed by atoms with Gasteiger partial charge in [-0.05, 0) is 42.3 Å². The van der Waals surface area contributed by atoms with E-state index in [1.807, 2.05) is 36.4 Å². The largest absolute Gasteiger partial charge is 0.366 e. The molecule has 0 radical (unpaired) electrons. The molecule has 1 heterocycles. The lowest BCUT2D eigenvalue weighted by molar-refractivity contribution is 0.100. The summed E-state index contributed by atoms with van der Waals surface area (Å²) in [6.45, 7) is 0.833. The molecule has 4 heteroatoms. The van der Waals surface area contributed by atoms with Crippen molar-refractivity contribution in [3.05, 3.63) is 58.6 Å². The standard InChI is InChI=1S/C15H13ClN2O/c16-11-5-6-13-10(9-11)7-8-18(13)14-4-2-1-3-12(14)15(17)19/h1-6,9H,7-8H2,(H2,17,19). The van der Waals surface area contributed by atoms with E-state index in [4.69, 9.17) is 17.3 Å². The van der Waals surface area contributed by atoms with Crippen molar-refractivity contribution in [2.24, 2.45) is 5.73 Å². The van der Waals surface area contributed by atoms with Gasteiger partial charge in [0.05, 0.1) is 11.3 Å². The van der Waals surface area contributed by atoms with E-state index in [1.54, 1.807) is 6.07 Å². The van der Waals surface area contributed by atoms with Crippen molar-refractivity contribution in [1.82, 2.24) is 0 Å². The molecule has 0 saturated heterocycles. The smallest absolute Gasteiger partial charge is 0.250 e. The number of benzene rings is 2. The molecule has 1 aliphatic heterocycles. The third-order valence-corrected chi connectivity index (χ3v) is 3.63. The van der Waals surface area contributed by atoms with Crippen molar-refractivity contribution in [2.75, 3.05) is 11.4 Å². The van der Waals surface area contributed by atoms with Gasteiger partial charge in [0, 0.05) is 17.3 Å². The highest BCUT2D eigenvalue weighted by Gasteiger charge is 2.23. The van der Waals surface area contributed by atoms with Gasteiger partial charge in [0.15, 0.2) is 0 Å². The SMILES string of the molecule is NC(=O)c1ccccc1N1CCc2cc(Cl)ccc21. The summed E-state index contributed by atoms with van der Waals surface area (Å²) in [5.74, 6) is -0.405. The van der Waals surface area contributed by atoms with Gasteiger partial charge in [-0.15, -0.1) is 0 Å². The predicted molar refractivity (Wildman–Crippen MR) is 77.1 cm³/mol. The molecule has 1 amide bonds. The number of nitrogens with two attached hydrogens (primary N) is 1. The topological polar surface area (TPSA) is 46.3 Å². The van der Waals surface area contributed by atoms with E-state index in [0.717, 1.165) is 29.4 Å². The molecule has 0 fully saturated rings. The molecule has 0 atom stereocenters. The van der Waals surface area contributed by atoms with Crippen LogP contribution in [0, 0.1) is 0 Å². The van der Waals surface area contributed by atoms with Gasteiger partial charge < -0.3 is 10.6 Å². The van der Waals surface area contributed by atoms with Crippen molar-refractivity contribution < 1.29 is 4.79 Å². The van der Waals surface area contributed by atoms with Crippen LogP contribution in [0.5, 0.6) is 0 Å². The van der Waals surface area contributed by atoms with Crippen LogP contribution in [-0.2, 0) is 6.42 Å². The van der Waals surface area contributed by atoms with Crippen LogP contribution in [-0.4, -0.2) is 12.5 Å². The third-order valence-electron chi connectivity index (χ3n) is 3.40. The average Bonchev–Trinajstić information content (AvgIpc) is 2.81. The molecule has 2 aromatic carbocycles. The van der Waals surface area contributed by atoms with Gasteiger partial charge in [-0.25, -0.2) is 0 Å². The molecular formula is C15H13ClN2O. The Kier molecular flexibility index (Phi) is 2.91. The molecule has 0 spiro atoms. The summed E-state index contributed by atoms with van der Waals surface area (Å²) in [4.78, 5) is 13.6. The normalized spacial score (nSPS) is 13.4. The Balaban J connectivity index is 2.09. The lowest BCUT2D eigenvalue weighted by Gasteiger charge is -2.21. The number of hydrogen-bond acceptors (Lipinski definition) is 2. The molecule has 2 aromatic rings. The van der Waals surface area contributed by atoms with Crippen molar-refractivity contribution >= 4 is 28.9 Å². The molecule has 96 valence electrons. The summed E-state index contributed by atoms with van der Waals surface area (Å²) < 4.78 is 0. The van der Waals surface area contributed by atoms with Crippen molar-refractivity contribution in [2.45, 2.75) is 6.42 Å². The first kappa shape index (κ1) is 12.1. The number of para-hydroxylation sites is 1. The molecular weight excluding hydrogens is 260 g/mol. The number of halogens is 1. The van der Waals surface area contributed by atoms with Crippen molar-refractivity contribution in [3.8, 4) is 0 Å². The van der Waals surface area contributed by atoms with E-state index >= 15 is 0 Å². The lowest BCUT2D eigenvalue weighted by atomic mass is 10.1. The van der Waals surface area contributed by atoms with Crippen LogP contribution in [0.3, 0.4) is 0 Å². The van der Waals surface area contributed by atoms with E-state index < -0.39 is 5.91 Å². The predicted octanol–water partition coefficient (Wildman–Crippen LogP) is 3.13. The second kappa shape index (κ2) is 4.59. The minimum Gasteiger partial charge on any atom is -0.366 e. The van der Waals surface area contributed by atoms with E-state index in [-0.39, 0.29) is 0 Å². The fourth-order valence-electron chi connectivity index (χ4n) is 2.54. The van der Waals surface area contributed by atoms with Gasteiger partial charge in [0.1, 0.15) is 0 Å². The highest BCUT2D eigenvalue weighted by molar-refractivity contribution is 6.30. The van der Waals surface area contributed by atoms with Crippen LogP contribution in [0.1, 0.15) is 15.9 Å². The zero-order valence-electron chi connectivity index (χ0n) is 10.3. The van der Waals surface area contributed by atoms with Crippen LogP contribution < -0.4 is 10.6 Å². The summed E-state index contributed by atoms with van der Waals surface area (Å²) in [5, 5.41) is 0.740. The van der Waals surface area contributed by atoms with Crippen molar-refractivity contribution in [1.29, 1.82) is 0 Å². The number of hydrogen-bond donors (Lipinski definition) is 1. The number of carbonyl (C=O) groups is 1. The zero-order valence-corrected chi connectivity index (χ0v) is 11.0. The molecule has 19 heavy (non-hydrogen) atoms. The Hall–Kier alpha value is -2.00. The van der Waals surface area contributed by atoms with E-state index in [1.165, 1.54) is 5.56 Å². The maximum absolute atomic E-state index is 11.5. The molecule has 0 aromatic heterocycles. The van der Waals surface area contributed by atoms with Crippen LogP contribution in [0.2, 0.25) is 5.02 Å². The number of carbonyl (C=O) groups excluding carboxylic acids is 1. The molecule has 0 unspecified atom stereocenters. The summed E-state index contributed by atoms with van der Waals surface area (Å²) in [5.41, 5.74) is 9.14. The first-order chi connectivity index (χ1) is 9.16. The monoisotopic (exact) mass is 272 g/mol. The Morgan fingerprint density at radius 2 is 1.95 bits per heavy atom. The van der Waals surface area contributed by atoms with E-state index in [9.17, 15) is 4.79 Å². The van der Waals surface area contributed by atoms with Gasteiger partial charge in [0.25, 0.3) is 5.91 Å². The molecule has 0 bridgehead atoms. The minimum atomic E-state index is -0.405. The first-order valence-electron chi connectivity index (χ1n) is 6.11. The Morgan fingerprint density at radius 1 is 1.16 bits per heavy atom. The molecule has 2 N–H and O–H groups in total. The van der Waals surface area contributed by atoms with Crippen LogP contribution in [0.4, 0.5) is 11.4 Å². The third kappa shape index (κ3) is 2.06. The number of anilines is 2. The number of nitrogens with zero attached hydrogens (tertiary/aromatic N) is 1. The zero-order chi connectivity index (χ0) is 13.4. The summed E-state index contributed by atoms with van der Waals surface area (Å²) >= 11 is 6.01. The van der Waals surface area contributed by atoms with Gasteiger partial charge in [-0.3, -0.25) is 4.79 Å². The molecule has 1 aliphatic rings. The fourth-order valence-corrected chi connectivity index (χ4v) is 2.73. The maximum Gasteiger partial charge on any atom is 0.250 e. The number of amides is 1. The van der Waals surface area contributed by atoms with Crippen LogP contribution in [0.25, 0.3) is 0 Å². The molecule has 3 rings (SSSR count). The second-order valence-electron chi connectivity index (χ2n) is 4.56. The molecule has 3 nitrogen and oxygen atoms in total. The van der Waals surface area contributed by atoms with Gasteiger partial charge >= 0.3 is 0 Å². The highest BCUT2D eigenvalue weighted by atomic mass is 35.5. The summed E-state index contributed by atoms with van der Waals surface area (Å²) in [7, 11) is 0. The maximum atomic E-state index is 11.5. The quantitative estimate of drug-likeness (QED) is 0.913. The number of primary amides is 1. The Morgan fingerprint density at radius 3 is 2.74 bits per heavy atom. The van der Waals surface area contributed by atoms with Gasteiger partial charge in [-0.1, -0.05) is 23.7 Å². The van der Waals surface area contributed by atoms with Crippen molar-refractivity contribution in [3.63, 3.8) is 0 Å². The Bertz CT molecular complexity index is 654. The van der Waals surface area contributed by atoms with Gasteiger partial charge in [-0.2, -0.15) is 0 Å². The lowest BCUT2D eigenvalue weighted by Crippen LogP contribution is -2.20. The number of fused-ring (bicyclic) bond motifs is 1. The molecule has 0 saturated carbocycles. The molecule has 0 aliphatic carbocycles. The van der Waals surface area contributed by atoms with E-state index in [0.29, 0.717) is 5.56 Å². The number of rotatable bonds is 2. The highest BCUT2D eigenvalue weighted by Crippen LogP contribution is 2.37. The van der Waals surface area contributed by atoms with Crippen LogP contribution in [0.15, 0.2) is 42.5 Å². The average molecular weight is 273 g/mol. The van der Waals surface area contributed by atoms with Crippen LogP contribution >= 0.6 is 11.6 Å². The second-order valence-corrected chi connectivity index (χ2v) is 4.99. The minimum absolute atomic E-state index is 0.405. The fraction of sp³-hybridized carbons (Fsp3) is 0.133. The summed E-state index contributed by atoms with van der Waals surface area (Å²) in [6, 6.07) is 13.2. The Labute approximate surface area is 116 Å². The summed E-state index contributed by atoms with van der Waals surface area (Å²) in [6.07, 6.45) is 0.920.